The third kappa shape index (κ3) is 5.28. The summed E-state index contributed by atoms with van der Waals surface area (Å²) in [5, 5.41) is 2.68. The Morgan fingerprint density at radius 2 is 1.95 bits per heavy atom. The predicted molar refractivity (Wildman–Crippen MR) is 80.9 cm³/mol. The van der Waals surface area contributed by atoms with Crippen molar-refractivity contribution >= 4 is 32.3 Å². The molecule has 1 amide bonds. The van der Waals surface area contributed by atoms with Gasteiger partial charge in [-0.15, -0.1) is 0 Å². The van der Waals surface area contributed by atoms with Crippen molar-refractivity contribution in [3.05, 3.63) is 0 Å². The van der Waals surface area contributed by atoms with Gasteiger partial charge in [0, 0.05) is 16.4 Å². The van der Waals surface area contributed by atoms with E-state index in [9.17, 15) is 13.9 Å². The van der Waals surface area contributed by atoms with Crippen LogP contribution >= 0.6 is 26.4 Å². The number of nitrogens with one attached hydrogen (secondary N) is 1. The van der Waals surface area contributed by atoms with Gasteiger partial charge in [-0.3, -0.25) is 13.9 Å². The van der Waals surface area contributed by atoms with Crippen LogP contribution in [0.4, 0.5) is 0 Å². The van der Waals surface area contributed by atoms with Crippen molar-refractivity contribution in [1.29, 1.82) is 0 Å². The molecule has 0 spiro atoms. The maximum absolute atomic E-state index is 11.5. The first-order chi connectivity index (χ1) is 9.94. The van der Waals surface area contributed by atoms with Crippen molar-refractivity contribution in [3.63, 3.8) is 0 Å². The van der Waals surface area contributed by atoms with E-state index in [-0.39, 0.29) is 35.5 Å². The van der Waals surface area contributed by atoms with Gasteiger partial charge in [-0.05, 0) is 13.8 Å². The van der Waals surface area contributed by atoms with Crippen LogP contribution in [0.5, 0.6) is 0 Å². The van der Waals surface area contributed by atoms with Gasteiger partial charge in [0.15, 0.2) is 23.2 Å². The summed E-state index contributed by atoms with van der Waals surface area (Å²) in [5.74, 6) is -0.295. The van der Waals surface area contributed by atoms with Crippen LogP contribution in [0.3, 0.4) is 0 Å². The number of carbonyl (C=O) groups excluding carboxylic acids is 1. The van der Waals surface area contributed by atoms with E-state index in [1.165, 1.54) is 6.92 Å². The second-order valence-corrected chi connectivity index (χ2v) is 6.93. The van der Waals surface area contributed by atoms with Crippen molar-refractivity contribution in [1.82, 2.24) is 5.32 Å². The SMILES string of the molecule is CC(=O)NC1[C@H](OC(C)C)OC(COP)[C@H](P=O)[C@@H]1P=O. The zero-order valence-electron chi connectivity index (χ0n) is 12.1. The van der Waals surface area contributed by atoms with Gasteiger partial charge in [0.2, 0.25) is 5.91 Å². The highest BCUT2D eigenvalue weighted by Crippen LogP contribution is 2.36. The van der Waals surface area contributed by atoms with Crippen LogP contribution in [-0.2, 0) is 27.9 Å². The van der Waals surface area contributed by atoms with E-state index < -0.39 is 29.8 Å². The van der Waals surface area contributed by atoms with E-state index >= 15 is 0 Å². The summed E-state index contributed by atoms with van der Waals surface area (Å²) >= 11 is 0. The molecule has 1 rings (SSSR count). The molecule has 1 N–H and O–H groups in total. The lowest BCUT2D eigenvalue weighted by molar-refractivity contribution is -0.222. The van der Waals surface area contributed by atoms with Crippen molar-refractivity contribution in [2.24, 2.45) is 0 Å². The molecule has 1 aliphatic rings. The van der Waals surface area contributed by atoms with Crippen molar-refractivity contribution in [2.45, 2.75) is 56.6 Å². The number of hydrogen-bond donors (Lipinski definition) is 1. The highest BCUT2D eigenvalue weighted by Gasteiger charge is 2.48. The minimum absolute atomic E-state index is 0.144. The Hall–Kier alpha value is -0.0200. The van der Waals surface area contributed by atoms with Gasteiger partial charge in [0.1, 0.15) is 0 Å². The van der Waals surface area contributed by atoms with Crippen LogP contribution in [0.2, 0.25) is 0 Å². The molecule has 21 heavy (non-hydrogen) atoms. The van der Waals surface area contributed by atoms with Crippen LogP contribution in [0.15, 0.2) is 0 Å². The number of rotatable bonds is 7. The molecule has 0 radical (unpaired) electrons. The maximum Gasteiger partial charge on any atom is 0.217 e. The van der Waals surface area contributed by atoms with E-state index in [1.54, 1.807) is 0 Å². The first-order valence-corrected chi connectivity index (χ1v) is 8.72. The molecule has 0 saturated carbocycles. The molecule has 7 nitrogen and oxygen atoms in total. The van der Waals surface area contributed by atoms with Crippen LogP contribution in [0, 0.1) is 0 Å². The Labute approximate surface area is 129 Å². The Morgan fingerprint density at radius 1 is 1.33 bits per heavy atom. The number of carbonyl (C=O) groups is 1. The molecule has 6 atom stereocenters. The topological polar surface area (TPSA) is 90.9 Å². The number of hydrogen-bond acceptors (Lipinski definition) is 6. The summed E-state index contributed by atoms with van der Waals surface area (Å²) in [6, 6.07) is -0.642. The molecule has 0 bridgehead atoms. The van der Waals surface area contributed by atoms with Crippen molar-refractivity contribution in [2.75, 3.05) is 6.61 Å². The fourth-order valence-electron chi connectivity index (χ4n) is 2.19. The monoisotopic (exact) mass is 355 g/mol. The third-order valence-corrected chi connectivity index (χ3v) is 5.19. The Kier molecular flexibility index (Phi) is 8.33. The quantitative estimate of drug-likeness (QED) is 0.700. The minimum Gasteiger partial charge on any atom is -0.363 e. The summed E-state index contributed by atoms with van der Waals surface area (Å²) < 4.78 is 39.4. The molecule has 3 unspecified atom stereocenters. The van der Waals surface area contributed by atoms with E-state index in [4.69, 9.17) is 14.0 Å². The van der Waals surface area contributed by atoms with E-state index in [0.29, 0.717) is 0 Å². The number of amides is 1. The normalized spacial score (nSPS) is 33.5. The average molecular weight is 355 g/mol. The summed E-state index contributed by atoms with van der Waals surface area (Å²) in [6.07, 6.45) is -1.46. The molecule has 1 aliphatic heterocycles. The highest BCUT2D eigenvalue weighted by molar-refractivity contribution is 7.30. The van der Waals surface area contributed by atoms with Gasteiger partial charge in [-0.25, -0.2) is 0 Å². The molecule has 120 valence electrons. The van der Waals surface area contributed by atoms with Gasteiger partial charge in [-0.2, -0.15) is 0 Å². The molecule has 10 heteroatoms. The smallest absolute Gasteiger partial charge is 0.217 e. The van der Waals surface area contributed by atoms with Gasteiger partial charge < -0.3 is 19.3 Å². The lowest BCUT2D eigenvalue weighted by Gasteiger charge is -2.42. The van der Waals surface area contributed by atoms with E-state index in [2.05, 4.69) is 14.8 Å². The Balaban J connectivity index is 3.05. The predicted octanol–water partition coefficient (Wildman–Crippen LogP) is 1.77. The Morgan fingerprint density at radius 3 is 2.38 bits per heavy atom. The molecule has 1 heterocycles. The van der Waals surface area contributed by atoms with Gasteiger partial charge in [0.25, 0.3) is 0 Å². The first-order valence-electron chi connectivity index (χ1n) is 6.49. The molecule has 0 aromatic carbocycles. The standard InChI is InChI=1S/C11H20NO6P3/c1-5(2)17-11-8(12-6(3)13)10(21-15)9(20-14)7(18-11)4-16-19/h5,7-11H,4,19H2,1-3H3,(H,12,13)/t7?,8?,9-,10+,11+/m0/s1. The summed E-state index contributed by atoms with van der Waals surface area (Å²) in [4.78, 5) is 11.4. The zero-order valence-corrected chi connectivity index (χ0v) is 15.0. The molecule has 1 fully saturated rings. The molecular weight excluding hydrogens is 335 g/mol. The van der Waals surface area contributed by atoms with Crippen LogP contribution in [-0.4, -0.2) is 48.4 Å². The van der Waals surface area contributed by atoms with Crippen LogP contribution < -0.4 is 5.32 Å². The summed E-state index contributed by atoms with van der Waals surface area (Å²) in [6.45, 7) is 5.18. The molecule has 0 aromatic heterocycles. The molecule has 1 saturated heterocycles. The van der Waals surface area contributed by atoms with Crippen LogP contribution in [0.1, 0.15) is 20.8 Å². The summed E-state index contributed by atoms with van der Waals surface area (Å²) in [7, 11) is 1.66. The van der Waals surface area contributed by atoms with Gasteiger partial charge >= 0.3 is 0 Å². The second kappa shape index (κ2) is 9.19. The van der Waals surface area contributed by atoms with Crippen molar-refractivity contribution in [3.8, 4) is 0 Å². The van der Waals surface area contributed by atoms with Gasteiger partial charge in [0.05, 0.1) is 36.2 Å². The first kappa shape index (κ1) is 19.0. The minimum atomic E-state index is -0.775. The zero-order chi connectivity index (χ0) is 16.0. The lowest BCUT2D eigenvalue weighted by Crippen LogP contribution is -2.61. The maximum atomic E-state index is 11.5. The molecule has 0 aliphatic carbocycles. The number of ether oxygens (including phenoxy) is 2. The largest absolute Gasteiger partial charge is 0.363 e. The fraction of sp³-hybridized carbons (Fsp3) is 0.909. The molecule has 0 aromatic rings. The fourth-order valence-corrected chi connectivity index (χ4v) is 3.98. The molecular formula is C11H20NO6P3. The second-order valence-electron chi connectivity index (χ2n) is 4.98. The lowest BCUT2D eigenvalue weighted by atomic mass is 10.0. The van der Waals surface area contributed by atoms with Crippen molar-refractivity contribution < 1.29 is 27.9 Å². The summed E-state index contributed by atoms with van der Waals surface area (Å²) in [5.41, 5.74) is -1.15. The highest BCUT2D eigenvalue weighted by atomic mass is 31.1. The third-order valence-electron chi connectivity index (χ3n) is 2.98. The van der Waals surface area contributed by atoms with E-state index in [0.717, 1.165) is 0 Å². The van der Waals surface area contributed by atoms with E-state index in [1.807, 2.05) is 13.8 Å². The Bertz CT molecular complexity index is 383. The average Bonchev–Trinajstić information content (AvgIpc) is 2.40. The van der Waals surface area contributed by atoms with Gasteiger partial charge in [-0.1, -0.05) is 0 Å². The van der Waals surface area contributed by atoms with Crippen LogP contribution in [0.25, 0.3) is 0 Å².